The first kappa shape index (κ1) is 28.6. The van der Waals surface area contributed by atoms with Gasteiger partial charge in [-0.05, 0) is 47.8 Å². The van der Waals surface area contributed by atoms with Crippen molar-refractivity contribution in [3.05, 3.63) is 53.9 Å². The van der Waals surface area contributed by atoms with Gasteiger partial charge in [-0.25, -0.2) is 0 Å². The predicted octanol–water partition coefficient (Wildman–Crippen LogP) is 3.97. The number of carbonyl (C=O) groups excluding carboxylic acids is 3. The van der Waals surface area contributed by atoms with Crippen molar-refractivity contribution in [2.45, 2.75) is 58.4 Å². The van der Waals surface area contributed by atoms with E-state index >= 15 is 0 Å². The number of nitrogens with one attached hydrogen (secondary N) is 2. The monoisotopic (exact) mass is 567 g/mol. The number of likely N-dealkylation sites (tertiary alicyclic amines) is 1. The molecule has 2 heterocycles. The van der Waals surface area contributed by atoms with Crippen molar-refractivity contribution < 1.29 is 27.6 Å². The van der Waals surface area contributed by atoms with Crippen LogP contribution < -0.4 is 10.6 Å². The van der Waals surface area contributed by atoms with Gasteiger partial charge in [-0.15, -0.1) is 0 Å². The number of hydrogen-bond donors (Lipinski definition) is 2. The molecule has 1 saturated heterocycles. The van der Waals surface area contributed by atoms with Gasteiger partial charge in [0.2, 0.25) is 11.8 Å². The Morgan fingerprint density at radius 2 is 1.78 bits per heavy atom. The summed E-state index contributed by atoms with van der Waals surface area (Å²) in [5.41, 5.74) is 0.0389. The summed E-state index contributed by atoms with van der Waals surface area (Å²) < 4.78 is 39.6. The summed E-state index contributed by atoms with van der Waals surface area (Å²) in [6.45, 7) is 6.60. The average molecular weight is 568 g/mol. The van der Waals surface area contributed by atoms with Crippen LogP contribution in [0.3, 0.4) is 0 Å². The molecule has 7 unspecified atom stereocenters. The van der Waals surface area contributed by atoms with Gasteiger partial charge in [0, 0.05) is 29.4 Å². The van der Waals surface area contributed by atoms with E-state index in [0.717, 1.165) is 17.2 Å². The molecule has 3 amide bonds. The molecule has 5 rings (SSSR count). The number of pyridine rings is 1. The third kappa shape index (κ3) is 5.04. The fourth-order valence-electron chi connectivity index (χ4n) is 6.85. The molecule has 2 aromatic rings. The van der Waals surface area contributed by atoms with Gasteiger partial charge in [0.1, 0.15) is 18.1 Å². The van der Waals surface area contributed by atoms with Crippen LogP contribution in [0.1, 0.15) is 44.5 Å². The molecule has 2 aliphatic carbocycles. The molecule has 41 heavy (non-hydrogen) atoms. The molecule has 3 aliphatic rings. The van der Waals surface area contributed by atoms with Crippen LogP contribution >= 0.6 is 0 Å². The Labute approximate surface area is 236 Å². The number of carbonyl (C=O) groups is 3. The predicted molar refractivity (Wildman–Crippen MR) is 144 cm³/mol. The van der Waals surface area contributed by atoms with Crippen LogP contribution in [0.2, 0.25) is 0 Å². The molecule has 8 nitrogen and oxygen atoms in total. The highest BCUT2D eigenvalue weighted by atomic mass is 19.4. The number of aryl methyl sites for hydroxylation is 1. The smallest absolute Gasteiger partial charge is 0.336 e. The lowest BCUT2D eigenvalue weighted by Gasteiger charge is -2.37. The van der Waals surface area contributed by atoms with Gasteiger partial charge in [-0.1, -0.05) is 57.2 Å². The first-order valence-corrected chi connectivity index (χ1v) is 13.6. The molecule has 1 aliphatic heterocycles. The Balaban J connectivity index is 1.49. The molecule has 11 heteroatoms. The number of rotatable bonds is 5. The van der Waals surface area contributed by atoms with Gasteiger partial charge in [0.05, 0.1) is 6.07 Å². The summed E-state index contributed by atoms with van der Waals surface area (Å²) in [6.07, 6.45) is 1.46. The number of aromatic nitrogens is 1. The van der Waals surface area contributed by atoms with Gasteiger partial charge in [0.15, 0.2) is 0 Å². The molecule has 0 radical (unpaired) electrons. The quantitative estimate of drug-likeness (QED) is 0.531. The molecule has 1 aromatic carbocycles. The largest absolute Gasteiger partial charge is 0.471 e. The zero-order valence-electron chi connectivity index (χ0n) is 23.2. The lowest BCUT2D eigenvalue weighted by Crippen LogP contribution is -2.60. The number of allylic oxidation sites excluding steroid dienone is 2. The lowest BCUT2D eigenvalue weighted by molar-refractivity contribution is -0.176. The molecule has 2 bridgehead atoms. The van der Waals surface area contributed by atoms with E-state index in [2.05, 4.69) is 22.4 Å². The van der Waals surface area contributed by atoms with Crippen LogP contribution in [0.15, 0.2) is 42.6 Å². The summed E-state index contributed by atoms with van der Waals surface area (Å²) in [6, 6.07) is 5.92. The molecule has 7 atom stereocenters. The zero-order valence-corrected chi connectivity index (χ0v) is 23.2. The van der Waals surface area contributed by atoms with Crippen molar-refractivity contribution >= 4 is 28.5 Å². The Hall–Kier alpha value is -3.94. The van der Waals surface area contributed by atoms with Crippen molar-refractivity contribution in [3.8, 4) is 6.07 Å². The number of halogens is 3. The molecule has 2 fully saturated rings. The van der Waals surface area contributed by atoms with E-state index in [1.165, 1.54) is 4.90 Å². The maximum atomic E-state index is 14.1. The highest BCUT2D eigenvalue weighted by Crippen LogP contribution is 2.54. The Bertz CT molecular complexity index is 1470. The molecular weight excluding hydrogens is 535 g/mol. The summed E-state index contributed by atoms with van der Waals surface area (Å²) in [7, 11) is 0. The molecule has 1 saturated carbocycles. The topological polar surface area (TPSA) is 115 Å². The van der Waals surface area contributed by atoms with Gasteiger partial charge in [-0.2, -0.15) is 18.4 Å². The summed E-state index contributed by atoms with van der Waals surface area (Å²) in [4.78, 5) is 45.6. The van der Waals surface area contributed by atoms with E-state index < -0.39 is 47.4 Å². The van der Waals surface area contributed by atoms with Crippen molar-refractivity contribution in [2.75, 3.05) is 6.54 Å². The van der Waals surface area contributed by atoms with Crippen LogP contribution in [0.25, 0.3) is 10.8 Å². The van der Waals surface area contributed by atoms with E-state index in [-0.39, 0.29) is 30.2 Å². The van der Waals surface area contributed by atoms with E-state index in [1.807, 2.05) is 35.7 Å². The highest BCUT2D eigenvalue weighted by molar-refractivity contribution is 5.95. The van der Waals surface area contributed by atoms with Crippen LogP contribution in [0.4, 0.5) is 13.2 Å². The highest BCUT2D eigenvalue weighted by Gasteiger charge is 2.59. The molecule has 0 spiro atoms. The molecule has 1 aromatic heterocycles. The van der Waals surface area contributed by atoms with E-state index in [0.29, 0.717) is 11.3 Å². The summed E-state index contributed by atoms with van der Waals surface area (Å²) in [5.74, 6) is -3.65. The number of benzene rings is 1. The SMILES string of the molecule is Cc1ncc2ccccc2c1C(C#N)NC(=O)C1C2C3C=CC(C3)C2CN1C(=O)C(NC(=O)C(F)(F)F)C(C)(C)C. The van der Waals surface area contributed by atoms with E-state index in [4.69, 9.17) is 0 Å². The van der Waals surface area contributed by atoms with Crippen LogP contribution in [0, 0.1) is 47.3 Å². The van der Waals surface area contributed by atoms with E-state index in [1.54, 1.807) is 33.9 Å². The van der Waals surface area contributed by atoms with Gasteiger partial charge >= 0.3 is 12.1 Å². The molecular formula is C30H32F3N5O3. The first-order chi connectivity index (χ1) is 19.2. The number of amides is 3. The van der Waals surface area contributed by atoms with Crippen molar-refractivity contribution in [1.82, 2.24) is 20.5 Å². The summed E-state index contributed by atoms with van der Waals surface area (Å²) >= 11 is 0. The number of alkyl halides is 3. The number of nitrogens with zero attached hydrogens (tertiary/aromatic N) is 3. The molecule has 216 valence electrons. The second kappa shape index (κ2) is 10.2. The Morgan fingerprint density at radius 3 is 2.44 bits per heavy atom. The maximum absolute atomic E-state index is 14.1. The Morgan fingerprint density at radius 1 is 1.10 bits per heavy atom. The standard InChI is InChI=1S/C30H32F3N5O3/c1-15-22(19-8-6-5-7-18(19)13-35-15)21(12-34)36-26(39)24-23-17-10-9-16(11-17)20(23)14-38(24)27(40)25(29(2,3)4)37-28(41)30(31,32)33/h5-10,13,16-17,20-21,23-25H,11,14H2,1-4H3,(H,36,39)(H,37,41). The van der Waals surface area contributed by atoms with Gasteiger partial charge in [0.25, 0.3) is 0 Å². The fraction of sp³-hybridized carbons (Fsp3) is 0.500. The third-order valence-corrected chi connectivity index (χ3v) is 8.74. The number of fused-ring (bicyclic) bond motifs is 6. The number of hydrogen-bond acceptors (Lipinski definition) is 5. The Kier molecular flexibility index (Phi) is 7.08. The first-order valence-electron chi connectivity index (χ1n) is 13.6. The second-order valence-corrected chi connectivity index (χ2v) is 12.3. The zero-order chi connectivity index (χ0) is 29.9. The normalized spacial score (nSPS) is 26.4. The summed E-state index contributed by atoms with van der Waals surface area (Å²) in [5, 5.41) is 16.4. The van der Waals surface area contributed by atoms with Crippen molar-refractivity contribution in [3.63, 3.8) is 0 Å². The minimum atomic E-state index is -5.17. The van der Waals surface area contributed by atoms with Crippen LogP contribution in [-0.2, 0) is 14.4 Å². The minimum Gasteiger partial charge on any atom is -0.336 e. The third-order valence-electron chi connectivity index (χ3n) is 8.74. The van der Waals surface area contributed by atoms with Crippen LogP contribution in [0.5, 0.6) is 0 Å². The maximum Gasteiger partial charge on any atom is 0.471 e. The van der Waals surface area contributed by atoms with Crippen molar-refractivity contribution in [1.29, 1.82) is 5.26 Å². The van der Waals surface area contributed by atoms with Gasteiger partial charge < -0.3 is 15.5 Å². The van der Waals surface area contributed by atoms with Gasteiger partial charge in [-0.3, -0.25) is 19.4 Å². The average Bonchev–Trinajstić information content (AvgIpc) is 3.62. The van der Waals surface area contributed by atoms with E-state index in [9.17, 15) is 32.8 Å². The second-order valence-electron chi connectivity index (χ2n) is 12.3. The lowest BCUT2D eigenvalue weighted by atomic mass is 9.81. The number of nitriles is 1. The minimum absolute atomic E-state index is 0.0258. The van der Waals surface area contributed by atoms with Crippen molar-refractivity contribution in [2.24, 2.45) is 29.1 Å². The fourth-order valence-corrected chi connectivity index (χ4v) is 6.85. The van der Waals surface area contributed by atoms with Crippen LogP contribution in [-0.4, -0.2) is 52.4 Å². The molecule has 2 N–H and O–H groups in total.